The van der Waals surface area contributed by atoms with Crippen molar-refractivity contribution in [3.8, 4) is 0 Å². The Morgan fingerprint density at radius 3 is 2.63 bits per heavy atom. The van der Waals surface area contributed by atoms with Crippen molar-refractivity contribution in [2.24, 2.45) is 0 Å². The van der Waals surface area contributed by atoms with Crippen molar-refractivity contribution in [1.29, 1.82) is 0 Å². The number of carboxylic acid groups (broad SMARTS) is 1. The number of thiophene rings is 1. The summed E-state index contributed by atoms with van der Waals surface area (Å²) in [6.45, 7) is 3.66. The van der Waals surface area contributed by atoms with Gasteiger partial charge < -0.3 is 5.11 Å². The first-order chi connectivity index (χ1) is 8.72. The van der Waals surface area contributed by atoms with E-state index in [9.17, 15) is 13.2 Å². The normalized spacial score (nSPS) is 13.7. The van der Waals surface area contributed by atoms with Crippen LogP contribution in [0.3, 0.4) is 0 Å². The van der Waals surface area contributed by atoms with E-state index in [-0.39, 0.29) is 19.0 Å². The lowest BCUT2D eigenvalue weighted by Crippen LogP contribution is -2.40. The Labute approximate surface area is 117 Å². The van der Waals surface area contributed by atoms with E-state index in [1.165, 1.54) is 18.4 Å². The van der Waals surface area contributed by atoms with E-state index >= 15 is 0 Å². The minimum atomic E-state index is -3.67. The fourth-order valence-electron chi connectivity index (χ4n) is 1.43. The first-order valence-corrected chi connectivity index (χ1v) is 7.99. The SMILES string of the molecule is Cc1ccc(C(C)NS(=O)(=O)N(C)CCC(=O)O)s1. The van der Waals surface area contributed by atoms with E-state index in [2.05, 4.69) is 4.72 Å². The van der Waals surface area contributed by atoms with Gasteiger partial charge in [0.2, 0.25) is 0 Å². The number of nitrogens with zero attached hydrogens (tertiary/aromatic N) is 1. The van der Waals surface area contributed by atoms with Crippen molar-refractivity contribution in [3.05, 3.63) is 21.9 Å². The van der Waals surface area contributed by atoms with Crippen LogP contribution in [0.5, 0.6) is 0 Å². The van der Waals surface area contributed by atoms with Crippen LogP contribution in [0.25, 0.3) is 0 Å². The molecule has 0 radical (unpaired) electrons. The summed E-state index contributed by atoms with van der Waals surface area (Å²) in [7, 11) is -2.31. The van der Waals surface area contributed by atoms with Crippen LogP contribution in [0, 0.1) is 6.92 Å². The number of carbonyl (C=O) groups is 1. The van der Waals surface area contributed by atoms with Gasteiger partial charge in [0, 0.05) is 23.3 Å². The van der Waals surface area contributed by atoms with E-state index in [1.807, 2.05) is 19.1 Å². The summed E-state index contributed by atoms with van der Waals surface area (Å²) in [5, 5.41) is 8.55. The van der Waals surface area contributed by atoms with E-state index in [0.29, 0.717) is 0 Å². The fourth-order valence-corrected chi connectivity index (χ4v) is 3.47. The maximum absolute atomic E-state index is 12.0. The second kappa shape index (κ2) is 6.47. The molecule has 0 saturated heterocycles. The number of aryl methyl sites for hydroxylation is 1. The number of hydrogen-bond acceptors (Lipinski definition) is 4. The van der Waals surface area contributed by atoms with Crippen LogP contribution in [0.1, 0.15) is 29.1 Å². The van der Waals surface area contributed by atoms with Crippen LogP contribution in [-0.4, -0.2) is 37.4 Å². The highest BCUT2D eigenvalue weighted by atomic mass is 32.2. The average Bonchev–Trinajstić information content (AvgIpc) is 2.72. The van der Waals surface area contributed by atoms with Gasteiger partial charge in [0.15, 0.2) is 0 Å². The van der Waals surface area contributed by atoms with Crippen LogP contribution in [0.2, 0.25) is 0 Å². The van der Waals surface area contributed by atoms with Gasteiger partial charge in [0.25, 0.3) is 10.2 Å². The molecule has 0 saturated carbocycles. The van der Waals surface area contributed by atoms with Crippen molar-refractivity contribution in [3.63, 3.8) is 0 Å². The largest absolute Gasteiger partial charge is 0.481 e. The van der Waals surface area contributed by atoms with Crippen LogP contribution >= 0.6 is 11.3 Å². The van der Waals surface area contributed by atoms with Gasteiger partial charge in [-0.1, -0.05) is 0 Å². The molecule has 1 rings (SSSR count). The Morgan fingerprint density at radius 1 is 1.53 bits per heavy atom. The molecule has 2 N–H and O–H groups in total. The van der Waals surface area contributed by atoms with Gasteiger partial charge in [-0.15, -0.1) is 11.3 Å². The Kier molecular flexibility index (Phi) is 5.48. The van der Waals surface area contributed by atoms with Crippen LogP contribution in [-0.2, 0) is 15.0 Å². The van der Waals surface area contributed by atoms with Crippen molar-refractivity contribution in [2.45, 2.75) is 26.3 Å². The molecule has 108 valence electrons. The van der Waals surface area contributed by atoms with Crippen molar-refractivity contribution in [2.75, 3.05) is 13.6 Å². The summed E-state index contributed by atoms with van der Waals surface area (Å²) in [6.07, 6.45) is -0.218. The third-order valence-corrected chi connectivity index (χ3v) is 5.40. The first-order valence-electron chi connectivity index (χ1n) is 5.74. The predicted molar refractivity (Wildman–Crippen MR) is 74.4 cm³/mol. The molecule has 0 aliphatic heterocycles. The predicted octanol–water partition coefficient (Wildman–Crippen LogP) is 1.36. The summed E-state index contributed by atoms with van der Waals surface area (Å²) in [6, 6.07) is 3.47. The van der Waals surface area contributed by atoms with Crippen LogP contribution < -0.4 is 4.72 Å². The van der Waals surface area contributed by atoms with Crippen LogP contribution in [0.15, 0.2) is 12.1 Å². The molecule has 0 spiro atoms. The van der Waals surface area contributed by atoms with Crippen molar-refractivity contribution < 1.29 is 18.3 Å². The number of rotatable bonds is 7. The molecule has 1 aromatic rings. The summed E-state index contributed by atoms with van der Waals surface area (Å²) >= 11 is 1.53. The quantitative estimate of drug-likeness (QED) is 0.796. The van der Waals surface area contributed by atoms with E-state index in [4.69, 9.17) is 5.11 Å². The highest BCUT2D eigenvalue weighted by molar-refractivity contribution is 7.87. The fraction of sp³-hybridized carbons (Fsp3) is 0.545. The summed E-state index contributed by atoms with van der Waals surface area (Å²) < 4.78 is 27.5. The Morgan fingerprint density at radius 2 is 2.16 bits per heavy atom. The lowest BCUT2D eigenvalue weighted by molar-refractivity contribution is -0.137. The second-order valence-corrected chi connectivity index (χ2v) is 7.39. The van der Waals surface area contributed by atoms with Crippen molar-refractivity contribution >= 4 is 27.5 Å². The molecule has 0 aliphatic carbocycles. The zero-order valence-electron chi connectivity index (χ0n) is 11.1. The number of nitrogens with one attached hydrogen (secondary N) is 1. The van der Waals surface area contributed by atoms with E-state index < -0.39 is 16.2 Å². The highest BCUT2D eigenvalue weighted by Gasteiger charge is 2.22. The molecule has 1 heterocycles. The van der Waals surface area contributed by atoms with Gasteiger partial charge >= 0.3 is 5.97 Å². The third-order valence-electron chi connectivity index (χ3n) is 2.56. The molecular formula is C11H18N2O4S2. The minimum Gasteiger partial charge on any atom is -0.481 e. The highest BCUT2D eigenvalue weighted by Crippen LogP contribution is 2.23. The first kappa shape index (κ1) is 16.1. The van der Waals surface area contributed by atoms with Gasteiger partial charge in [-0.2, -0.15) is 17.4 Å². The zero-order valence-corrected chi connectivity index (χ0v) is 12.7. The zero-order chi connectivity index (χ0) is 14.6. The van der Waals surface area contributed by atoms with Gasteiger partial charge in [-0.05, 0) is 26.0 Å². The standard InChI is InChI=1S/C11H18N2O4S2/c1-8-4-5-10(18-8)9(2)12-19(16,17)13(3)7-6-11(14)15/h4-5,9,12H,6-7H2,1-3H3,(H,14,15). The summed E-state index contributed by atoms with van der Waals surface area (Å²) in [5.41, 5.74) is 0. The molecule has 0 fully saturated rings. The Hall–Kier alpha value is -0.960. The number of hydrogen-bond donors (Lipinski definition) is 2. The second-order valence-electron chi connectivity index (χ2n) is 4.26. The molecule has 0 amide bonds. The lowest BCUT2D eigenvalue weighted by atomic mass is 10.3. The van der Waals surface area contributed by atoms with Gasteiger partial charge in [0.1, 0.15) is 0 Å². The van der Waals surface area contributed by atoms with Crippen molar-refractivity contribution in [1.82, 2.24) is 9.03 Å². The minimum absolute atomic E-state index is 0.0547. The molecule has 6 nitrogen and oxygen atoms in total. The topological polar surface area (TPSA) is 86.7 Å². The van der Waals surface area contributed by atoms with Gasteiger partial charge in [-0.3, -0.25) is 4.79 Å². The van der Waals surface area contributed by atoms with E-state index in [1.54, 1.807) is 6.92 Å². The maximum Gasteiger partial charge on any atom is 0.304 e. The molecule has 8 heteroatoms. The van der Waals surface area contributed by atoms with E-state index in [0.717, 1.165) is 14.1 Å². The third kappa shape index (κ3) is 4.90. The molecule has 19 heavy (non-hydrogen) atoms. The number of aliphatic carboxylic acids is 1. The smallest absolute Gasteiger partial charge is 0.304 e. The number of carboxylic acids is 1. The molecule has 1 unspecified atom stereocenters. The van der Waals surface area contributed by atoms with Gasteiger partial charge in [-0.25, -0.2) is 0 Å². The summed E-state index contributed by atoms with van der Waals surface area (Å²) in [4.78, 5) is 12.5. The molecule has 0 aromatic carbocycles. The van der Waals surface area contributed by atoms with Gasteiger partial charge in [0.05, 0.1) is 12.5 Å². The monoisotopic (exact) mass is 306 g/mol. The molecular weight excluding hydrogens is 288 g/mol. The Bertz CT molecular complexity index is 539. The Balaban J connectivity index is 2.65. The lowest BCUT2D eigenvalue weighted by Gasteiger charge is -2.19. The molecule has 0 bridgehead atoms. The average molecular weight is 306 g/mol. The molecule has 0 aliphatic rings. The molecule has 1 atom stereocenters. The van der Waals surface area contributed by atoms with Crippen LogP contribution in [0.4, 0.5) is 0 Å². The maximum atomic E-state index is 12.0. The summed E-state index contributed by atoms with van der Waals surface area (Å²) in [5.74, 6) is -1.02. The molecule has 1 aromatic heterocycles.